The minimum absolute atomic E-state index is 0.0744. The third kappa shape index (κ3) is 4.23. The Morgan fingerprint density at radius 1 is 1.25 bits per heavy atom. The van der Waals surface area contributed by atoms with Crippen molar-refractivity contribution in [1.82, 2.24) is 15.3 Å². The molecule has 20 heavy (non-hydrogen) atoms. The molecule has 0 aromatic carbocycles. The van der Waals surface area contributed by atoms with Crippen molar-refractivity contribution >= 4 is 17.4 Å². The van der Waals surface area contributed by atoms with Crippen molar-refractivity contribution in [3.05, 3.63) is 21.6 Å². The van der Waals surface area contributed by atoms with Gasteiger partial charge in [-0.15, -0.1) is 0 Å². The molecule has 0 radical (unpaired) electrons. The molecule has 0 amide bonds. The largest absolute Gasteiger partial charge is 0.846 e. The quantitative estimate of drug-likeness (QED) is 0.682. The van der Waals surface area contributed by atoms with Crippen LogP contribution in [0.25, 0.3) is 0 Å². The van der Waals surface area contributed by atoms with Gasteiger partial charge in [-0.3, -0.25) is 19.7 Å². The molecule has 0 saturated carbocycles. The summed E-state index contributed by atoms with van der Waals surface area (Å²) in [5.41, 5.74) is -0.600. The topological polar surface area (TPSA) is 83.8 Å². The van der Waals surface area contributed by atoms with Gasteiger partial charge in [0, 0.05) is 12.8 Å². The molecule has 2 N–H and O–H groups in total. The highest BCUT2D eigenvalue weighted by molar-refractivity contribution is 6.30. The van der Waals surface area contributed by atoms with Crippen LogP contribution in [0.1, 0.15) is 32.1 Å². The molecule has 110 valence electrons. The molecule has 0 bridgehead atoms. The van der Waals surface area contributed by atoms with Crippen LogP contribution in [0.4, 0.5) is 0 Å². The van der Waals surface area contributed by atoms with E-state index in [9.17, 15) is 9.90 Å². The van der Waals surface area contributed by atoms with Gasteiger partial charge >= 0.3 is 0 Å². The summed E-state index contributed by atoms with van der Waals surface area (Å²) in [4.78, 5) is 15.5. The van der Waals surface area contributed by atoms with Gasteiger partial charge in [0.1, 0.15) is 5.02 Å². The smallest absolute Gasteiger partial charge is 0.269 e. The van der Waals surface area contributed by atoms with Gasteiger partial charge in [0.15, 0.2) is 0 Å². The van der Waals surface area contributed by atoms with Gasteiger partial charge in [-0.1, -0.05) is 11.6 Å². The molecule has 0 atom stereocenters. The molecular weight excluding hydrogens is 280 g/mol. The van der Waals surface area contributed by atoms with Gasteiger partial charge in [-0.05, 0) is 19.3 Å². The number of halogens is 1. The van der Waals surface area contributed by atoms with Crippen molar-refractivity contribution in [3.63, 3.8) is 0 Å². The molecule has 0 aliphatic carbocycles. The van der Waals surface area contributed by atoms with E-state index < -0.39 is 11.6 Å². The summed E-state index contributed by atoms with van der Waals surface area (Å²) in [5.74, 6) is 1.52. The number of hydrogen-bond donors (Lipinski definition) is 2. The molecule has 6 nitrogen and oxygen atoms in total. The Hall–Kier alpha value is -1.56. The number of nitrogens with zero attached hydrogens (tertiary/aromatic N) is 2. The van der Waals surface area contributed by atoms with Gasteiger partial charge < -0.3 is 10.1 Å². The van der Waals surface area contributed by atoms with Gasteiger partial charge in [-0.2, -0.15) is 0 Å². The fraction of sp³-hybridized carbons (Fsp3) is 0.615. The average molecular weight is 299 g/mol. The maximum absolute atomic E-state index is 10.4. The molecule has 7 heteroatoms. The maximum Gasteiger partial charge on any atom is 0.269 e. The second-order valence-corrected chi connectivity index (χ2v) is 5.30. The lowest BCUT2D eigenvalue weighted by Crippen LogP contribution is -2.40. The molecule has 1 aromatic rings. The molecule has 2 aliphatic heterocycles. The average Bonchev–Trinajstić information content (AvgIpc) is 2.69. The van der Waals surface area contributed by atoms with Crippen LogP contribution in [0.5, 0.6) is 6.01 Å². The van der Waals surface area contributed by atoms with Crippen molar-refractivity contribution in [2.45, 2.75) is 32.1 Å². The first kappa shape index (κ1) is 14.8. The maximum atomic E-state index is 10.4. The van der Waals surface area contributed by atoms with Crippen molar-refractivity contribution in [3.8, 4) is 6.01 Å². The van der Waals surface area contributed by atoms with Crippen LogP contribution in [0, 0.1) is 0 Å². The highest BCUT2D eigenvalue weighted by atomic mass is 35.5. The third-order valence-corrected chi connectivity index (χ3v) is 3.66. The molecular formula is C13H19ClN4O2. The number of aromatic nitrogens is 2. The zero-order valence-electron chi connectivity index (χ0n) is 11.3. The van der Waals surface area contributed by atoms with E-state index in [1.54, 1.807) is 0 Å². The first-order valence-electron chi connectivity index (χ1n) is 6.93. The molecule has 2 aliphatic rings. The van der Waals surface area contributed by atoms with Gasteiger partial charge in [0.25, 0.3) is 5.56 Å². The monoisotopic (exact) mass is 298 g/mol. The van der Waals surface area contributed by atoms with E-state index in [4.69, 9.17) is 11.6 Å². The summed E-state index contributed by atoms with van der Waals surface area (Å²) in [6.07, 6.45) is 7.83. The van der Waals surface area contributed by atoms with Crippen LogP contribution in [0.2, 0.25) is 5.02 Å². The minimum atomic E-state index is -0.676. The van der Waals surface area contributed by atoms with Crippen molar-refractivity contribution in [2.75, 3.05) is 19.6 Å². The lowest BCUT2D eigenvalue weighted by atomic mass is 10.2. The van der Waals surface area contributed by atoms with E-state index in [-0.39, 0.29) is 5.02 Å². The third-order valence-electron chi connectivity index (χ3n) is 3.39. The Balaban J connectivity index is 0.000000151. The van der Waals surface area contributed by atoms with E-state index in [1.807, 2.05) is 4.98 Å². The Bertz CT molecular complexity index is 523. The fourth-order valence-electron chi connectivity index (χ4n) is 2.38. The predicted molar refractivity (Wildman–Crippen MR) is 75.4 cm³/mol. The van der Waals surface area contributed by atoms with Crippen molar-refractivity contribution in [1.29, 1.82) is 0 Å². The highest BCUT2D eigenvalue weighted by Gasteiger charge is 2.19. The Morgan fingerprint density at radius 3 is 2.80 bits per heavy atom. The zero-order valence-corrected chi connectivity index (χ0v) is 12.1. The van der Waals surface area contributed by atoms with E-state index in [0.717, 1.165) is 6.20 Å². The van der Waals surface area contributed by atoms with E-state index in [1.165, 1.54) is 57.6 Å². The van der Waals surface area contributed by atoms with Crippen molar-refractivity contribution < 1.29 is 9.68 Å². The Morgan fingerprint density at radius 2 is 2.05 bits per heavy atom. The number of nitrogens with one attached hydrogen (secondary N) is 2. The van der Waals surface area contributed by atoms with E-state index in [2.05, 4.69) is 14.9 Å². The second kappa shape index (κ2) is 7.28. The molecule has 0 fully saturated rings. The molecule has 3 heterocycles. The van der Waals surface area contributed by atoms with Crippen LogP contribution >= 0.6 is 11.6 Å². The van der Waals surface area contributed by atoms with Gasteiger partial charge in [0.05, 0.1) is 31.8 Å². The Kier molecular flexibility index (Phi) is 5.40. The zero-order chi connectivity index (χ0) is 14.4. The number of amidine groups is 1. The van der Waals surface area contributed by atoms with Crippen LogP contribution in [-0.2, 0) is 0 Å². The summed E-state index contributed by atoms with van der Waals surface area (Å²) in [6, 6.07) is -0.676. The van der Waals surface area contributed by atoms with Crippen LogP contribution < -0.4 is 16.0 Å². The number of H-pyrrole nitrogens is 1. The van der Waals surface area contributed by atoms with Gasteiger partial charge in [0.2, 0.25) is 5.84 Å². The van der Waals surface area contributed by atoms with Crippen LogP contribution in [-0.4, -0.2) is 40.0 Å². The summed E-state index contributed by atoms with van der Waals surface area (Å²) >= 11 is 5.24. The summed E-state index contributed by atoms with van der Waals surface area (Å²) in [7, 11) is 0. The molecule has 0 spiro atoms. The molecule has 0 unspecified atom stereocenters. The van der Waals surface area contributed by atoms with Crippen LogP contribution in [0.15, 0.2) is 11.0 Å². The standard InChI is InChI=1S/C9H16N2.C4H3ClN2O2/c1-2-5-9-10-6-4-8-11(9)7-3-1;5-2-1-6-4(9)7-3(2)8/h1-8H2;1H,(H2,6,7,8,9). The van der Waals surface area contributed by atoms with Crippen LogP contribution in [0.3, 0.4) is 0 Å². The second-order valence-electron chi connectivity index (χ2n) is 4.89. The normalized spacial score (nSPS) is 18.2. The summed E-state index contributed by atoms with van der Waals surface area (Å²) in [5, 5.41) is 13.6. The van der Waals surface area contributed by atoms with Crippen molar-refractivity contribution in [2.24, 2.45) is 0 Å². The summed E-state index contributed by atoms with van der Waals surface area (Å²) in [6.45, 7) is 3.79. The predicted octanol–water partition coefficient (Wildman–Crippen LogP) is 0.462. The number of aromatic amines is 1. The SMILES string of the molecule is C1CCC2=[N+](CC1)CCCN2.O=c1[nH]c([O-])ncc1Cl. The lowest BCUT2D eigenvalue weighted by molar-refractivity contribution is -0.534. The minimum Gasteiger partial charge on any atom is -0.846 e. The molecule has 0 saturated heterocycles. The number of hydrogen-bond acceptors (Lipinski definition) is 4. The molecule has 1 aromatic heterocycles. The summed E-state index contributed by atoms with van der Waals surface area (Å²) < 4.78 is 2.54. The fourth-order valence-corrected chi connectivity index (χ4v) is 2.47. The highest BCUT2D eigenvalue weighted by Crippen LogP contribution is 2.08. The first-order chi connectivity index (χ1) is 9.66. The van der Waals surface area contributed by atoms with E-state index in [0.29, 0.717) is 0 Å². The number of rotatable bonds is 0. The van der Waals surface area contributed by atoms with Gasteiger partial charge in [-0.25, -0.2) is 0 Å². The lowest BCUT2D eigenvalue weighted by Gasteiger charge is -2.14. The first-order valence-corrected chi connectivity index (χ1v) is 7.31. The van der Waals surface area contributed by atoms with E-state index >= 15 is 0 Å². The molecule has 3 rings (SSSR count). The Labute approximate surface area is 122 Å².